The van der Waals surface area contributed by atoms with Gasteiger partial charge in [-0.15, -0.1) is 0 Å². The number of nitrogens with one attached hydrogen (secondary N) is 1. The third-order valence-corrected chi connectivity index (χ3v) is 3.16. The van der Waals surface area contributed by atoms with Crippen LogP contribution in [0.1, 0.15) is 21.7 Å². The van der Waals surface area contributed by atoms with E-state index in [0.29, 0.717) is 5.56 Å². The highest BCUT2D eigenvalue weighted by Crippen LogP contribution is 2.20. The van der Waals surface area contributed by atoms with Gasteiger partial charge < -0.3 is 11.1 Å². The van der Waals surface area contributed by atoms with Crippen molar-refractivity contribution >= 4 is 22.9 Å². The number of hydrogen-bond donors (Lipinski definition) is 2. The molecule has 0 aliphatic carbocycles. The summed E-state index contributed by atoms with van der Waals surface area (Å²) in [5.41, 5.74) is 9.27. The summed E-state index contributed by atoms with van der Waals surface area (Å²) in [7, 11) is 0. The summed E-state index contributed by atoms with van der Waals surface area (Å²) in [6.07, 6.45) is 1.86. The number of pyridine rings is 1. The number of hydrogen-bond acceptors (Lipinski definition) is 4. The predicted molar refractivity (Wildman–Crippen MR) is 80.7 cm³/mol. The van der Waals surface area contributed by atoms with Crippen LogP contribution in [-0.4, -0.2) is 20.5 Å². The zero-order valence-electron chi connectivity index (χ0n) is 11.8. The number of carbonyl (C=O) groups excluding carboxylic acids is 1. The molecule has 3 rings (SSSR count). The number of nitrogens with zero attached hydrogens (tertiary/aromatic N) is 3. The molecule has 0 saturated carbocycles. The maximum Gasteiger partial charge on any atom is 0.248 e. The van der Waals surface area contributed by atoms with Crippen molar-refractivity contribution in [3.8, 4) is 0 Å². The van der Waals surface area contributed by atoms with Crippen molar-refractivity contribution in [1.29, 1.82) is 0 Å². The van der Waals surface area contributed by atoms with Gasteiger partial charge in [0.15, 0.2) is 5.65 Å². The molecular formula is C15H15N5O. The number of aryl methyl sites for hydroxylation is 2. The summed E-state index contributed by atoms with van der Waals surface area (Å²) < 4.78 is 1.74. The maximum absolute atomic E-state index is 11.2. The van der Waals surface area contributed by atoms with Crippen molar-refractivity contribution in [2.75, 3.05) is 5.32 Å². The van der Waals surface area contributed by atoms with Crippen molar-refractivity contribution in [2.24, 2.45) is 5.73 Å². The highest BCUT2D eigenvalue weighted by molar-refractivity contribution is 5.93. The normalized spacial score (nSPS) is 10.8. The van der Waals surface area contributed by atoms with Gasteiger partial charge in [-0.1, -0.05) is 6.07 Å². The molecule has 6 nitrogen and oxygen atoms in total. The van der Waals surface area contributed by atoms with Crippen molar-refractivity contribution < 1.29 is 4.79 Å². The van der Waals surface area contributed by atoms with E-state index < -0.39 is 5.91 Å². The van der Waals surface area contributed by atoms with Crippen LogP contribution in [0.2, 0.25) is 0 Å². The van der Waals surface area contributed by atoms with E-state index in [1.165, 1.54) is 0 Å². The van der Waals surface area contributed by atoms with Crippen LogP contribution in [0, 0.1) is 13.8 Å². The molecule has 0 radical (unpaired) electrons. The summed E-state index contributed by atoms with van der Waals surface area (Å²) in [5, 5.41) is 7.56. The summed E-state index contributed by atoms with van der Waals surface area (Å²) in [6.45, 7) is 3.84. The number of aromatic nitrogens is 3. The predicted octanol–water partition coefficient (Wildman–Crippen LogP) is 2.19. The summed E-state index contributed by atoms with van der Waals surface area (Å²) >= 11 is 0. The van der Waals surface area contributed by atoms with Gasteiger partial charge in [0.05, 0.1) is 11.9 Å². The van der Waals surface area contributed by atoms with Gasteiger partial charge in [0.1, 0.15) is 5.82 Å². The van der Waals surface area contributed by atoms with Crippen LogP contribution >= 0.6 is 0 Å². The standard InChI is InChI=1S/C15H15N5O/c1-9-6-13(8-20-15(9)17-10(2)19-20)18-12-5-3-4-11(7-12)14(16)21/h3-8,18H,1-2H3,(H2,16,21). The topological polar surface area (TPSA) is 85.3 Å². The summed E-state index contributed by atoms with van der Waals surface area (Å²) in [5.74, 6) is 0.281. The fourth-order valence-electron chi connectivity index (χ4n) is 2.24. The Labute approximate surface area is 121 Å². The second-order valence-electron chi connectivity index (χ2n) is 4.91. The lowest BCUT2D eigenvalue weighted by atomic mass is 10.2. The fraction of sp³-hybridized carbons (Fsp3) is 0.133. The van der Waals surface area contributed by atoms with Gasteiger partial charge in [-0.05, 0) is 43.7 Å². The minimum Gasteiger partial charge on any atom is -0.366 e. The number of amides is 1. The molecule has 0 spiro atoms. The first-order valence-corrected chi connectivity index (χ1v) is 6.53. The molecule has 2 aromatic heterocycles. The zero-order chi connectivity index (χ0) is 15.0. The largest absolute Gasteiger partial charge is 0.366 e. The van der Waals surface area contributed by atoms with Crippen LogP contribution in [0.25, 0.3) is 5.65 Å². The van der Waals surface area contributed by atoms with Crippen LogP contribution in [-0.2, 0) is 0 Å². The molecule has 0 saturated heterocycles. The second-order valence-corrected chi connectivity index (χ2v) is 4.91. The SMILES string of the molecule is Cc1nc2c(C)cc(Nc3cccc(C(N)=O)c3)cn2n1. The molecule has 106 valence electrons. The van der Waals surface area contributed by atoms with Gasteiger partial charge in [-0.3, -0.25) is 4.79 Å². The first-order chi connectivity index (χ1) is 10.0. The molecule has 0 aliphatic rings. The molecular weight excluding hydrogens is 266 g/mol. The van der Waals surface area contributed by atoms with E-state index in [9.17, 15) is 4.79 Å². The van der Waals surface area contributed by atoms with Crippen molar-refractivity contribution in [2.45, 2.75) is 13.8 Å². The average Bonchev–Trinajstić information content (AvgIpc) is 2.80. The Bertz CT molecular complexity index is 837. The average molecular weight is 281 g/mol. The highest BCUT2D eigenvalue weighted by Gasteiger charge is 2.06. The molecule has 2 heterocycles. The lowest BCUT2D eigenvalue weighted by molar-refractivity contribution is 0.100. The molecule has 6 heteroatoms. The Balaban J connectivity index is 1.98. The number of benzene rings is 1. The second kappa shape index (κ2) is 4.90. The fourth-order valence-corrected chi connectivity index (χ4v) is 2.24. The van der Waals surface area contributed by atoms with E-state index in [0.717, 1.165) is 28.4 Å². The molecule has 21 heavy (non-hydrogen) atoms. The van der Waals surface area contributed by atoms with Crippen molar-refractivity contribution in [1.82, 2.24) is 14.6 Å². The summed E-state index contributed by atoms with van der Waals surface area (Å²) in [6, 6.07) is 9.05. The molecule has 0 aliphatic heterocycles. The quantitative estimate of drug-likeness (QED) is 0.770. The number of nitrogens with two attached hydrogens (primary N) is 1. The maximum atomic E-state index is 11.2. The number of rotatable bonds is 3. The van der Waals surface area contributed by atoms with Gasteiger partial charge in [0, 0.05) is 11.3 Å². The molecule has 1 amide bonds. The molecule has 0 unspecified atom stereocenters. The smallest absolute Gasteiger partial charge is 0.248 e. The number of fused-ring (bicyclic) bond motifs is 1. The monoisotopic (exact) mass is 281 g/mol. The van der Waals surface area contributed by atoms with Crippen LogP contribution in [0.4, 0.5) is 11.4 Å². The molecule has 0 atom stereocenters. The Morgan fingerprint density at radius 2 is 2.05 bits per heavy atom. The van der Waals surface area contributed by atoms with E-state index in [1.54, 1.807) is 22.7 Å². The van der Waals surface area contributed by atoms with Crippen LogP contribution in [0.5, 0.6) is 0 Å². The minimum absolute atomic E-state index is 0.447. The zero-order valence-corrected chi connectivity index (χ0v) is 11.8. The number of carbonyl (C=O) groups is 1. The van der Waals surface area contributed by atoms with Gasteiger partial charge in [-0.2, -0.15) is 5.10 Å². The first-order valence-electron chi connectivity index (χ1n) is 6.53. The van der Waals surface area contributed by atoms with Gasteiger partial charge >= 0.3 is 0 Å². The molecule has 3 N–H and O–H groups in total. The third kappa shape index (κ3) is 2.55. The van der Waals surface area contributed by atoms with E-state index in [2.05, 4.69) is 15.4 Å². The Morgan fingerprint density at radius 3 is 2.81 bits per heavy atom. The van der Waals surface area contributed by atoms with Gasteiger partial charge in [0.2, 0.25) is 5.91 Å². The lowest BCUT2D eigenvalue weighted by Gasteiger charge is -2.09. The van der Waals surface area contributed by atoms with E-state index in [-0.39, 0.29) is 0 Å². The van der Waals surface area contributed by atoms with Crippen LogP contribution < -0.4 is 11.1 Å². The van der Waals surface area contributed by atoms with Gasteiger partial charge in [-0.25, -0.2) is 9.50 Å². The molecule has 3 aromatic rings. The highest BCUT2D eigenvalue weighted by atomic mass is 16.1. The van der Waals surface area contributed by atoms with Gasteiger partial charge in [0.25, 0.3) is 0 Å². The van der Waals surface area contributed by atoms with E-state index in [1.807, 2.05) is 32.2 Å². The lowest BCUT2D eigenvalue weighted by Crippen LogP contribution is -2.10. The Morgan fingerprint density at radius 1 is 1.24 bits per heavy atom. The molecule has 0 bridgehead atoms. The molecule has 1 aromatic carbocycles. The number of primary amides is 1. The Hall–Kier alpha value is -2.89. The van der Waals surface area contributed by atoms with Crippen LogP contribution in [0.15, 0.2) is 36.5 Å². The van der Waals surface area contributed by atoms with Crippen molar-refractivity contribution in [3.05, 3.63) is 53.5 Å². The summed E-state index contributed by atoms with van der Waals surface area (Å²) in [4.78, 5) is 15.6. The van der Waals surface area contributed by atoms with E-state index >= 15 is 0 Å². The van der Waals surface area contributed by atoms with E-state index in [4.69, 9.17) is 5.73 Å². The minimum atomic E-state index is -0.447. The van der Waals surface area contributed by atoms with Crippen LogP contribution in [0.3, 0.4) is 0 Å². The third-order valence-electron chi connectivity index (χ3n) is 3.16. The molecule has 0 fully saturated rings. The first kappa shape index (κ1) is 13.1. The van der Waals surface area contributed by atoms with Crippen molar-refractivity contribution in [3.63, 3.8) is 0 Å². The number of anilines is 2. The Kier molecular flexibility index (Phi) is 3.06.